The normalized spacial score (nSPS) is 20.0. The zero-order valence-corrected chi connectivity index (χ0v) is 18.2. The molecule has 1 aromatic carbocycles. The lowest BCUT2D eigenvalue weighted by Crippen LogP contribution is -2.55. The third-order valence-corrected chi connectivity index (χ3v) is 6.12. The van der Waals surface area contributed by atoms with Crippen LogP contribution in [0.5, 0.6) is 0 Å². The highest BCUT2D eigenvalue weighted by atomic mass is 32.1. The minimum absolute atomic E-state index is 0.0431. The lowest BCUT2D eigenvalue weighted by Gasteiger charge is -2.35. The van der Waals surface area contributed by atoms with E-state index in [-0.39, 0.29) is 18.0 Å². The summed E-state index contributed by atoms with van der Waals surface area (Å²) in [6.45, 7) is 6.07. The van der Waals surface area contributed by atoms with Gasteiger partial charge in [0.25, 0.3) is 5.91 Å². The maximum atomic E-state index is 12.9. The Morgan fingerprint density at radius 3 is 2.84 bits per heavy atom. The van der Waals surface area contributed by atoms with Crippen LogP contribution in [-0.2, 0) is 6.54 Å². The molecule has 2 aromatic heterocycles. The second-order valence-corrected chi connectivity index (χ2v) is 8.82. The quantitative estimate of drug-likeness (QED) is 0.659. The molecule has 0 bridgehead atoms. The first kappa shape index (κ1) is 19.8. The van der Waals surface area contributed by atoms with E-state index < -0.39 is 0 Å². The van der Waals surface area contributed by atoms with Gasteiger partial charge in [0.2, 0.25) is 5.95 Å². The van der Waals surface area contributed by atoms with Crippen LogP contribution in [0.15, 0.2) is 40.8 Å². The number of rotatable bonds is 3. The van der Waals surface area contributed by atoms with E-state index in [1.54, 1.807) is 11.6 Å². The molecule has 2 unspecified atom stereocenters. The number of piperazine rings is 1. The molecule has 0 spiro atoms. The van der Waals surface area contributed by atoms with Gasteiger partial charge in [0.05, 0.1) is 12.2 Å². The Hall–Kier alpha value is -3.17. The highest BCUT2D eigenvalue weighted by Crippen LogP contribution is 2.29. The van der Waals surface area contributed by atoms with Crippen LogP contribution in [0.3, 0.4) is 0 Å². The summed E-state index contributed by atoms with van der Waals surface area (Å²) in [6, 6.07) is 8.59. The molecular weight excluding hydrogens is 410 g/mol. The average molecular weight is 434 g/mol. The van der Waals surface area contributed by atoms with Crippen LogP contribution in [0.4, 0.5) is 11.1 Å². The lowest BCUT2D eigenvalue weighted by atomic mass is 10.0. The van der Waals surface area contributed by atoms with Gasteiger partial charge in [-0.15, -0.1) is 11.3 Å². The van der Waals surface area contributed by atoms with Crippen molar-refractivity contribution in [2.24, 2.45) is 4.99 Å². The molecule has 1 fully saturated rings. The molecule has 4 heterocycles. The standard InChI is InChI=1S/C22H23N7OS/c1-13-10-29(11-14(2)25-13)20(30)18-12-31-22(26-18)28-21-24-9-16-8-23-7-15-5-3-4-6-17(15)19(16)27-21/h3-7,9,12-14,25H,8,10-11H2,1-2H3,(H,24,26,27,28). The number of hydrogen-bond donors (Lipinski definition) is 2. The summed E-state index contributed by atoms with van der Waals surface area (Å²) in [7, 11) is 0. The molecule has 31 heavy (non-hydrogen) atoms. The smallest absolute Gasteiger partial charge is 0.273 e. The maximum Gasteiger partial charge on any atom is 0.273 e. The molecule has 2 aliphatic heterocycles. The van der Waals surface area contributed by atoms with Gasteiger partial charge in [-0.3, -0.25) is 9.79 Å². The number of hydrogen-bond acceptors (Lipinski definition) is 8. The van der Waals surface area contributed by atoms with E-state index in [1.807, 2.05) is 35.4 Å². The largest absolute Gasteiger partial charge is 0.334 e. The third kappa shape index (κ3) is 4.06. The van der Waals surface area contributed by atoms with Gasteiger partial charge in [0.1, 0.15) is 5.69 Å². The van der Waals surface area contributed by atoms with Crippen molar-refractivity contribution in [2.75, 3.05) is 18.4 Å². The number of nitrogens with one attached hydrogen (secondary N) is 2. The molecule has 0 saturated carbocycles. The van der Waals surface area contributed by atoms with E-state index in [0.29, 0.717) is 36.4 Å². The molecule has 2 atom stereocenters. The molecule has 158 valence electrons. The van der Waals surface area contributed by atoms with Gasteiger partial charge in [-0.2, -0.15) is 0 Å². The van der Waals surface area contributed by atoms with Gasteiger partial charge >= 0.3 is 0 Å². The van der Waals surface area contributed by atoms with Gasteiger partial charge in [0.15, 0.2) is 5.13 Å². The van der Waals surface area contributed by atoms with Crippen molar-refractivity contribution in [3.63, 3.8) is 0 Å². The fourth-order valence-corrected chi connectivity index (χ4v) is 4.74. The Kier molecular flexibility index (Phi) is 5.21. The molecule has 9 heteroatoms. The Morgan fingerprint density at radius 1 is 1.19 bits per heavy atom. The Labute approximate surface area is 184 Å². The first-order valence-electron chi connectivity index (χ1n) is 10.3. The van der Waals surface area contributed by atoms with Crippen molar-refractivity contribution >= 4 is 34.5 Å². The minimum atomic E-state index is -0.0431. The summed E-state index contributed by atoms with van der Waals surface area (Å²) in [5.41, 5.74) is 4.35. The number of nitrogens with zero attached hydrogens (tertiary/aromatic N) is 5. The summed E-state index contributed by atoms with van der Waals surface area (Å²) >= 11 is 1.38. The summed E-state index contributed by atoms with van der Waals surface area (Å²) < 4.78 is 0. The maximum absolute atomic E-state index is 12.9. The predicted octanol–water partition coefficient (Wildman–Crippen LogP) is 3.10. The third-order valence-electron chi connectivity index (χ3n) is 5.36. The fraction of sp³-hybridized carbons (Fsp3) is 0.318. The number of benzene rings is 1. The number of thiazole rings is 1. The van der Waals surface area contributed by atoms with E-state index in [0.717, 1.165) is 22.4 Å². The summed E-state index contributed by atoms with van der Waals surface area (Å²) in [5.74, 6) is 0.409. The van der Waals surface area contributed by atoms with Crippen LogP contribution in [0.2, 0.25) is 0 Å². The highest BCUT2D eigenvalue weighted by Gasteiger charge is 2.27. The van der Waals surface area contributed by atoms with E-state index in [4.69, 9.17) is 4.98 Å². The molecule has 0 aliphatic carbocycles. The van der Waals surface area contributed by atoms with E-state index in [2.05, 4.69) is 39.4 Å². The molecule has 1 amide bonds. The zero-order valence-electron chi connectivity index (χ0n) is 17.4. The Morgan fingerprint density at radius 2 is 2.00 bits per heavy atom. The van der Waals surface area contributed by atoms with Crippen molar-refractivity contribution in [1.82, 2.24) is 25.2 Å². The number of amides is 1. The summed E-state index contributed by atoms with van der Waals surface area (Å²) in [5, 5.41) is 8.98. The van der Waals surface area contributed by atoms with Crippen LogP contribution in [0.25, 0.3) is 11.3 Å². The van der Waals surface area contributed by atoms with Crippen LogP contribution < -0.4 is 10.6 Å². The van der Waals surface area contributed by atoms with Gasteiger partial charge in [-0.1, -0.05) is 24.3 Å². The highest BCUT2D eigenvalue weighted by molar-refractivity contribution is 7.14. The molecule has 0 radical (unpaired) electrons. The fourth-order valence-electron chi connectivity index (χ4n) is 4.06. The molecule has 2 N–H and O–H groups in total. The number of aromatic nitrogens is 3. The van der Waals surface area contributed by atoms with Gasteiger partial charge in [0, 0.05) is 59.7 Å². The number of anilines is 2. The minimum Gasteiger partial charge on any atom is -0.334 e. The molecule has 8 nitrogen and oxygen atoms in total. The van der Waals surface area contributed by atoms with Gasteiger partial charge in [-0.25, -0.2) is 15.0 Å². The molecular formula is C22H23N7OS. The monoisotopic (exact) mass is 433 g/mol. The van der Waals surface area contributed by atoms with E-state index >= 15 is 0 Å². The summed E-state index contributed by atoms with van der Waals surface area (Å²) in [6.07, 6.45) is 3.67. The second kappa shape index (κ2) is 8.16. The van der Waals surface area contributed by atoms with Crippen molar-refractivity contribution in [2.45, 2.75) is 32.5 Å². The number of carbonyl (C=O) groups is 1. The first-order valence-corrected chi connectivity index (χ1v) is 11.2. The van der Waals surface area contributed by atoms with Crippen molar-refractivity contribution in [3.8, 4) is 11.3 Å². The summed E-state index contributed by atoms with van der Waals surface area (Å²) in [4.78, 5) is 32.9. The van der Waals surface area contributed by atoms with E-state index in [9.17, 15) is 4.79 Å². The first-order chi connectivity index (χ1) is 15.1. The molecule has 1 saturated heterocycles. The second-order valence-electron chi connectivity index (χ2n) is 7.97. The number of carbonyl (C=O) groups excluding carboxylic acids is 1. The van der Waals surface area contributed by atoms with E-state index in [1.165, 1.54) is 11.3 Å². The Balaban J connectivity index is 1.36. The number of aliphatic imine (C=N–C) groups is 1. The zero-order chi connectivity index (χ0) is 21.4. The average Bonchev–Trinajstić information content (AvgIpc) is 3.14. The Bertz CT molecular complexity index is 1150. The van der Waals surface area contributed by atoms with Gasteiger partial charge < -0.3 is 15.5 Å². The number of fused-ring (bicyclic) bond motifs is 3. The van der Waals surface area contributed by atoms with Crippen molar-refractivity contribution < 1.29 is 4.79 Å². The SMILES string of the molecule is CC1CN(C(=O)c2csc(Nc3ncc4c(n3)-c3ccccc3C=NC4)n2)CC(C)N1. The van der Waals surface area contributed by atoms with Crippen molar-refractivity contribution in [3.05, 3.63) is 52.7 Å². The van der Waals surface area contributed by atoms with Gasteiger partial charge in [-0.05, 0) is 13.8 Å². The van der Waals surface area contributed by atoms with Crippen LogP contribution in [-0.4, -0.2) is 57.1 Å². The molecule has 5 rings (SSSR count). The predicted molar refractivity (Wildman–Crippen MR) is 122 cm³/mol. The van der Waals surface area contributed by atoms with Crippen LogP contribution >= 0.6 is 11.3 Å². The topological polar surface area (TPSA) is 95.4 Å². The molecule has 3 aromatic rings. The van der Waals surface area contributed by atoms with Crippen LogP contribution in [0, 0.1) is 0 Å². The lowest BCUT2D eigenvalue weighted by molar-refractivity contribution is 0.0669. The van der Waals surface area contributed by atoms with Crippen LogP contribution in [0.1, 0.15) is 35.5 Å². The molecule has 2 aliphatic rings. The van der Waals surface area contributed by atoms with Crippen molar-refractivity contribution in [1.29, 1.82) is 0 Å².